The summed E-state index contributed by atoms with van der Waals surface area (Å²) in [7, 11) is 0. The van der Waals surface area contributed by atoms with Crippen LogP contribution in [0.25, 0.3) is 22.0 Å². The Bertz CT molecular complexity index is 680. The van der Waals surface area contributed by atoms with Gasteiger partial charge in [-0.15, -0.1) is 0 Å². The Morgan fingerprint density at radius 3 is 2.39 bits per heavy atom. The highest BCUT2D eigenvalue weighted by Crippen LogP contribution is 2.28. The molecule has 0 bridgehead atoms. The van der Waals surface area contributed by atoms with Crippen LogP contribution in [0.2, 0.25) is 0 Å². The average Bonchev–Trinajstić information content (AvgIpc) is 2.47. The van der Waals surface area contributed by atoms with Crippen LogP contribution in [-0.2, 0) is 5.33 Å². The minimum atomic E-state index is 0.760. The summed E-state index contributed by atoms with van der Waals surface area (Å²) in [5.41, 5.74) is 3.10. The van der Waals surface area contributed by atoms with Crippen molar-refractivity contribution in [3.8, 4) is 11.3 Å². The molecule has 0 saturated carbocycles. The van der Waals surface area contributed by atoms with Gasteiger partial charge in [-0.2, -0.15) is 0 Å². The summed E-state index contributed by atoms with van der Waals surface area (Å²) < 4.78 is 0. The molecule has 0 N–H and O–H groups in total. The van der Waals surface area contributed by atoms with Gasteiger partial charge in [0.2, 0.25) is 0 Å². The van der Waals surface area contributed by atoms with E-state index in [1.807, 2.05) is 42.7 Å². The van der Waals surface area contributed by atoms with Crippen molar-refractivity contribution in [3.05, 3.63) is 60.6 Å². The van der Waals surface area contributed by atoms with Gasteiger partial charge in [-0.05, 0) is 17.5 Å². The van der Waals surface area contributed by atoms with Crippen LogP contribution in [0.15, 0.2) is 54.9 Å². The molecule has 2 nitrogen and oxygen atoms in total. The normalized spacial score (nSPS) is 10.7. The first-order chi connectivity index (χ1) is 8.90. The monoisotopic (exact) mass is 298 g/mol. The minimum absolute atomic E-state index is 0.760. The van der Waals surface area contributed by atoms with Gasteiger partial charge >= 0.3 is 0 Å². The van der Waals surface area contributed by atoms with Gasteiger partial charge < -0.3 is 0 Å². The van der Waals surface area contributed by atoms with Crippen molar-refractivity contribution < 1.29 is 0 Å². The molecule has 0 saturated heterocycles. The molecule has 0 atom stereocenters. The number of halogens is 1. The van der Waals surface area contributed by atoms with Gasteiger partial charge in [-0.25, -0.2) is 0 Å². The molecule has 0 unspecified atom stereocenters. The quantitative estimate of drug-likeness (QED) is 0.663. The van der Waals surface area contributed by atoms with Gasteiger partial charge in [0, 0.05) is 28.7 Å². The van der Waals surface area contributed by atoms with Crippen molar-refractivity contribution in [3.63, 3.8) is 0 Å². The molecule has 0 aliphatic heterocycles. The SMILES string of the molecule is BrCc1ncc(-c2ccccn2)c2ccccc12. The lowest BCUT2D eigenvalue weighted by atomic mass is 10.0. The van der Waals surface area contributed by atoms with Crippen LogP contribution in [0.1, 0.15) is 5.69 Å². The largest absolute Gasteiger partial charge is 0.259 e. The summed E-state index contributed by atoms with van der Waals surface area (Å²) in [6.07, 6.45) is 3.71. The van der Waals surface area contributed by atoms with Gasteiger partial charge in [-0.1, -0.05) is 46.3 Å². The van der Waals surface area contributed by atoms with E-state index in [1.165, 1.54) is 10.8 Å². The molecular formula is C15H11BrN2. The third kappa shape index (κ3) is 1.91. The molecule has 2 heterocycles. The van der Waals surface area contributed by atoms with E-state index in [2.05, 4.69) is 38.0 Å². The summed E-state index contributed by atoms with van der Waals surface area (Å²) >= 11 is 3.48. The number of fused-ring (bicyclic) bond motifs is 1. The molecule has 18 heavy (non-hydrogen) atoms. The lowest BCUT2D eigenvalue weighted by molar-refractivity contribution is 1.21. The Balaban J connectivity index is 2.32. The molecule has 3 aromatic rings. The molecule has 1 aromatic carbocycles. The zero-order valence-electron chi connectivity index (χ0n) is 9.68. The van der Waals surface area contributed by atoms with Gasteiger partial charge in [0.25, 0.3) is 0 Å². The molecule has 0 amide bonds. The maximum atomic E-state index is 4.51. The van der Waals surface area contributed by atoms with Crippen LogP contribution in [0.4, 0.5) is 0 Å². The molecule has 0 aliphatic carbocycles. The van der Waals surface area contributed by atoms with E-state index in [4.69, 9.17) is 0 Å². The standard InChI is InChI=1S/C15H11BrN2/c16-9-15-12-6-2-1-5-11(12)13(10-18-15)14-7-3-4-8-17-14/h1-8,10H,9H2. The number of pyridine rings is 2. The zero-order chi connectivity index (χ0) is 12.4. The van der Waals surface area contributed by atoms with Gasteiger partial charge in [-0.3, -0.25) is 9.97 Å². The van der Waals surface area contributed by atoms with Gasteiger partial charge in [0.1, 0.15) is 0 Å². The predicted molar refractivity (Wildman–Crippen MR) is 77.6 cm³/mol. The molecule has 3 rings (SSSR count). The minimum Gasteiger partial charge on any atom is -0.259 e. The molecule has 0 spiro atoms. The fourth-order valence-corrected chi connectivity index (χ4v) is 2.53. The number of nitrogens with zero attached hydrogens (tertiary/aromatic N) is 2. The Morgan fingerprint density at radius 2 is 1.67 bits per heavy atom. The highest BCUT2D eigenvalue weighted by Gasteiger charge is 2.08. The van der Waals surface area contributed by atoms with E-state index in [0.717, 1.165) is 22.3 Å². The van der Waals surface area contributed by atoms with E-state index < -0.39 is 0 Å². The predicted octanol–water partition coefficient (Wildman–Crippen LogP) is 4.19. The first kappa shape index (κ1) is 11.4. The van der Waals surface area contributed by atoms with E-state index in [9.17, 15) is 0 Å². The van der Waals surface area contributed by atoms with Crippen molar-refractivity contribution in [2.45, 2.75) is 5.33 Å². The maximum Gasteiger partial charge on any atom is 0.0723 e. The van der Waals surface area contributed by atoms with E-state index in [0.29, 0.717) is 0 Å². The molecular weight excluding hydrogens is 288 g/mol. The number of hydrogen-bond donors (Lipinski definition) is 0. The third-order valence-corrected chi connectivity index (χ3v) is 3.48. The van der Waals surface area contributed by atoms with Crippen molar-refractivity contribution in [1.82, 2.24) is 9.97 Å². The number of aromatic nitrogens is 2. The van der Waals surface area contributed by atoms with Crippen LogP contribution < -0.4 is 0 Å². The van der Waals surface area contributed by atoms with E-state index in [-0.39, 0.29) is 0 Å². The molecule has 2 aromatic heterocycles. The molecule has 3 heteroatoms. The number of benzene rings is 1. The number of alkyl halides is 1. The van der Waals surface area contributed by atoms with E-state index >= 15 is 0 Å². The van der Waals surface area contributed by atoms with Crippen molar-refractivity contribution >= 4 is 26.7 Å². The summed E-state index contributed by atoms with van der Waals surface area (Å²) in [4.78, 5) is 8.92. The molecule has 0 fully saturated rings. The van der Waals surface area contributed by atoms with Crippen molar-refractivity contribution in [1.29, 1.82) is 0 Å². The summed E-state index contributed by atoms with van der Waals surface area (Å²) in [6, 6.07) is 14.2. The number of hydrogen-bond acceptors (Lipinski definition) is 2. The molecule has 0 radical (unpaired) electrons. The van der Waals surface area contributed by atoms with Crippen molar-refractivity contribution in [2.75, 3.05) is 0 Å². The Kier molecular flexibility index (Phi) is 3.07. The van der Waals surface area contributed by atoms with Crippen LogP contribution >= 0.6 is 15.9 Å². The van der Waals surface area contributed by atoms with Crippen molar-refractivity contribution in [2.24, 2.45) is 0 Å². The summed E-state index contributed by atoms with van der Waals surface area (Å²) in [6.45, 7) is 0. The van der Waals surface area contributed by atoms with E-state index in [1.54, 1.807) is 0 Å². The first-order valence-electron chi connectivity index (χ1n) is 5.74. The summed E-state index contributed by atoms with van der Waals surface area (Å²) in [5, 5.41) is 3.13. The Hall–Kier alpha value is -1.74. The zero-order valence-corrected chi connectivity index (χ0v) is 11.3. The van der Waals surface area contributed by atoms with Gasteiger partial charge in [0.15, 0.2) is 0 Å². The van der Waals surface area contributed by atoms with Crippen LogP contribution in [0, 0.1) is 0 Å². The average molecular weight is 299 g/mol. The van der Waals surface area contributed by atoms with Crippen LogP contribution in [0.5, 0.6) is 0 Å². The second kappa shape index (κ2) is 4.86. The van der Waals surface area contributed by atoms with Gasteiger partial charge in [0.05, 0.1) is 11.4 Å². The highest BCUT2D eigenvalue weighted by molar-refractivity contribution is 9.08. The van der Waals surface area contributed by atoms with Crippen LogP contribution in [0.3, 0.4) is 0 Å². The smallest absolute Gasteiger partial charge is 0.0723 e. The van der Waals surface area contributed by atoms with Crippen LogP contribution in [-0.4, -0.2) is 9.97 Å². The second-order valence-electron chi connectivity index (χ2n) is 4.01. The Labute approximate surface area is 114 Å². The highest BCUT2D eigenvalue weighted by atomic mass is 79.9. The molecule has 0 aliphatic rings. The Morgan fingerprint density at radius 1 is 0.889 bits per heavy atom. The number of rotatable bonds is 2. The lowest BCUT2D eigenvalue weighted by Crippen LogP contribution is -1.91. The lowest BCUT2D eigenvalue weighted by Gasteiger charge is -2.08. The molecule has 88 valence electrons. The fraction of sp³-hybridized carbons (Fsp3) is 0.0667. The maximum absolute atomic E-state index is 4.51. The topological polar surface area (TPSA) is 25.8 Å². The first-order valence-corrected chi connectivity index (χ1v) is 6.86. The summed E-state index contributed by atoms with van der Waals surface area (Å²) in [5.74, 6) is 0. The third-order valence-electron chi connectivity index (χ3n) is 2.95. The fourth-order valence-electron chi connectivity index (χ4n) is 2.08. The second-order valence-corrected chi connectivity index (χ2v) is 4.57.